The number of likely N-dealkylation sites (tertiary alicyclic amines) is 1. The lowest BCUT2D eigenvalue weighted by molar-refractivity contribution is 0.0167. The Hall–Kier alpha value is -1.72. The third-order valence-electron chi connectivity index (χ3n) is 3.05. The molecule has 0 spiro atoms. The second kappa shape index (κ2) is 5.11. The average molecular weight is 266 g/mol. The number of ether oxygens (including phenoxy) is 1. The summed E-state index contributed by atoms with van der Waals surface area (Å²) in [6.45, 7) is 6.99. The van der Waals surface area contributed by atoms with Crippen molar-refractivity contribution in [2.75, 3.05) is 18.8 Å². The molecule has 0 radical (unpaired) electrons. The zero-order valence-corrected chi connectivity index (χ0v) is 11.8. The smallest absolute Gasteiger partial charge is 0.410 e. The van der Waals surface area contributed by atoms with Gasteiger partial charge in [-0.25, -0.2) is 4.79 Å². The van der Waals surface area contributed by atoms with Crippen molar-refractivity contribution in [1.29, 1.82) is 0 Å². The van der Waals surface area contributed by atoms with E-state index in [9.17, 15) is 4.79 Å². The zero-order valence-electron chi connectivity index (χ0n) is 11.8. The van der Waals surface area contributed by atoms with Gasteiger partial charge in [-0.2, -0.15) is 5.10 Å². The number of nitrogens with two attached hydrogens (primary N) is 1. The van der Waals surface area contributed by atoms with Crippen LogP contribution in [0.15, 0.2) is 12.3 Å². The van der Waals surface area contributed by atoms with Gasteiger partial charge in [0.1, 0.15) is 11.4 Å². The van der Waals surface area contributed by atoms with Crippen LogP contribution in [0.5, 0.6) is 0 Å². The summed E-state index contributed by atoms with van der Waals surface area (Å²) in [5.41, 5.74) is 5.17. The van der Waals surface area contributed by atoms with E-state index in [-0.39, 0.29) is 12.1 Å². The Morgan fingerprint density at radius 1 is 1.53 bits per heavy atom. The number of rotatable bonds is 1. The molecular weight excluding hydrogens is 244 g/mol. The van der Waals surface area contributed by atoms with Crippen LogP contribution >= 0.6 is 0 Å². The molecule has 19 heavy (non-hydrogen) atoms. The van der Waals surface area contributed by atoms with Crippen LogP contribution in [-0.4, -0.2) is 39.5 Å². The van der Waals surface area contributed by atoms with Crippen molar-refractivity contribution in [2.45, 2.75) is 45.3 Å². The van der Waals surface area contributed by atoms with Gasteiger partial charge >= 0.3 is 6.09 Å². The first-order chi connectivity index (χ1) is 8.85. The number of anilines is 1. The summed E-state index contributed by atoms with van der Waals surface area (Å²) < 4.78 is 7.24. The summed E-state index contributed by atoms with van der Waals surface area (Å²) in [5.74, 6) is 0.509. The van der Waals surface area contributed by atoms with E-state index < -0.39 is 5.60 Å². The highest BCUT2D eigenvalue weighted by Gasteiger charge is 2.28. The summed E-state index contributed by atoms with van der Waals surface area (Å²) in [6, 6.07) is 1.95. The zero-order chi connectivity index (χ0) is 14.0. The third-order valence-corrected chi connectivity index (χ3v) is 3.05. The molecule has 1 aliphatic heterocycles. The predicted octanol–water partition coefficient (Wildman–Crippen LogP) is 2.04. The van der Waals surface area contributed by atoms with Crippen molar-refractivity contribution in [1.82, 2.24) is 14.7 Å². The van der Waals surface area contributed by atoms with E-state index in [1.165, 1.54) is 0 Å². The van der Waals surface area contributed by atoms with E-state index in [1.807, 2.05) is 31.6 Å². The third kappa shape index (κ3) is 3.62. The number of carbonyl (C=O) groups excluding carboxylic acids is 1. The summed E-state index contributed by atoms with van der Waals surface area (Å²) in [5, 5.41) is 4.22. The van der Waals surface area contributed by atoms with Crippen molar-refractivity contribution >= 4 is 11.9 Å². The van der Waals surface area contributed by atoms with Crippen LogP contribution in [0.3, 0.4) is 0 Å². The minimum Gasteiger partial charge on any atom is -0.444 e. The number of carbonyl (C=O) groups is 1. The molecule has 0 unspecified atom stereocenters. The molecule has 6 heteroatoms. The topological polar surface area (TPSA) is 73.4 Å². The van der Waals surface area contributed by atoms with Crippen LogP contribution in [0.2, 0.25) is 0 Å². The predicted molar refractivity (Wildman–Crippen MR) is 72.7 cm³/mol. The van der Waals surface area contributed by atoms with Gasteiger partial charge in [0.25, 0.3) is 0 Å². The van der Waals surface area contributed by atoms with Gasteiger partial charge in [-0.1, -0.05) is 0 Å². The van der Waals surface area contributed by atoms with Crippen LogP contribution in [0, 0.1) is 0 Å². The Morgan fingerprint density at radius 2 is 2.26 bits per heavy atom. The minimum atomic E-state index is -0.458. The van der Waals surface area contributed by atoms with Crippen LogP contribution in [0.4, 0.5) is 10.6 Å². The number of nitrogens with zero attached hydrogens (tertiary/aromatic N) is 3. The molecule has 0 saturated carbocycles. The van der Waals surface area contributed by atoms with Crippen molar-refractivity contribution in [3.8, 4) is 0 Å². The first-order valence-electron chi connectivity index (χ1n) is 6.64. The van der Waals surface area contributed by atoms with Gasteiger partial charge in [0.15, 0.2) is 0 Å². The molecule has 1 amide bonds. The molecule has 1 saturated heterocycles. The molecule has 2 N–H and O–H groups in total. The maximum atomic E-state index is 12.0. The highest BCUT2D eigenvalue weighted by molar-refractivity contribution is 5.68. The average Bonchev–Trinajstić information content (AvgIpc) is 2.74. The molecule has 0 aliphatic carbocycles. The minimum absolute atomic E-state index is 0.179. The van der Waals surface area contributed by atoms with Gasteiger partial charge in [-0.3, -0.25) is 4.68 Å². The lowest BCUT2D eigenvalue weighted by Gasteiger charge is -2.34. The molecule has 0 bridgehead atoms. The van der Waals surface area contributed by atoms with Crippen molar-refractivity contribution in [3.05, 3.63) is 12.3 Å². The molecule has 1 aromatic rings. The van der Waals surface area contributed by atoms with Crippen molar-refractivity contribution in [2.24, 2.45) is 0 Å². The fraction of sp³-hybridized carbons (Fsp3) is 0.692. The molecule has 1 aliphatic rings. The van der Waals surface area contributed by atoms with Gasteiger partial charge in [0.2, 0.25) is 0 Å². The standard InChI is InChI=1S/C13H22N4O2/c1-13(2,3)19-12(18)16-7-4-5-10(9-16)17-8-6-11(14)15-17/h6,8,10H,4-5,7,9H2,1-3H3,(H2,14,15)/t10-/m0/s1. The molecule has 2 rings (SSSR count). The largest absolute Gasteiger partial charge is 0.444 e. The Labute approximate surface area is 113 Å². The SMILES string of the molecule is CC(C)(C)OC(=O)N1CCC[C@H](n2ccc(N)n2)C1. The molecule has 1 aromatic heterocycles. The summed E-state index contributed by atoms with van der Waals surface area (Å²) >= 11 is 0. The first kappa shape index (κ1) is 13.7. The lowest BCUT2D eigenvalue weighted by atomic mass is 10.1. The fourth-order valence-electron chi connectivity index (χ4n) is 2.22. The van der Waals surface area contributed by atoms with Crippen LogP contribution in [0.25, 0.3) is 0 Å². The van der Waals surface area contributed by atoms with E-state index >= 15 is 0 Å². The van der Waals surface area contributed by atoms with E-state index in [4.69, 9.17) is 10.5 Å². The molecule has 1 atom stereocenters. The Morgan fingerprint density at radius 3 is 2.84 bits per heavy atom. The number of amides is 1. The Kier molecular flexibility index (Phi) is 3.68. The van der Waals surface area contributed by atoms with Gasteiger partial charge in [-0.15, -0.1) is 0 Å². The summed E-state index contributed by atoms with van der Waals surface area (Å²) in [4.78, 5) is 13.8. The molecule has 6 nitrogen and oxygen atoms in total. The van der Waals surface area contributed by atoms with Gasteiger partial charge in [0, 0.05) is 19.3 Å². The van der Waals surface area contributed by atoms with Crippen molar-refractivity contribution < 1.29 is 9.53 Å². The number of hydrogen-bond donors (Lipinski definition) is 1. The second-order valence-electron chi connectivity index (χ2n) is 5.94. The number of nitrogen functional groups attached to an aromatic ring is 1. The van der Waals surface area contributed by atoms with E-state index in [0.29, 0.717) is 12.4 Å². The molecule has 0 aromatic carbocycles. The van der Waals surface area contributed by atoms with E-state index in [0.717, 1.165) is 19.4 Å². The first-order valence-corrected chi connectivity index (χ1v) is 6.64. The van der Waals surface area contributed by atoms with Crippen LogP contribution in [-0.2, 0) is 4.74 Å². The van der Waals surface area contributed by atoms with Gasteiger partial charge in [-0.05, 0) is 39.7 Å². The highest BCUT2D eigenvalue weighted by atomic mass is 16.6. The maximum absolute atomic E-state index is 12.0. The van der Waals surface area contributed by atoms with E-state index in [1.54, 1.807) is 11.0 Å². The Balaban J connectivity index is 1.99. The van der Waals surface area contributed by atoms with Crippen LogP contribution < -0.4 is 5.73 Å². The van der Waals surface area contributed by atoms with Gasteiger partial charge < -0.3 is 15.4 Å². The second-order valence-corrected chi connectivity index (χ2v) is 5.94. The monoisotopic (exact) mass is 266 g/mol. The highest BCUT2D eigenvalue weighted by Crippen LogP contribution is 2.23. The molecule has 1 fully saturated rings. The molecule has 2 heterocycles. The summed E-state index contributed by atoms with van der Waals surface area (Å²) in [7, 11) is 0. The Bertz CT molecular complexity index is 450. The lowest BCUT2D eigenvalue weighted by Crippen LogP contribution is -2.43. The molecular formula is C13H22N4O2. The maximum Gasteiger partial charge on any atom is 0.410 e. The number of piperidine rings is 1. The van der Waals surface area contributed by atoms with Gasteiger partial charge in [0.05, 0.1) is 6.04 Å². The van der Waals surface area contributed by atoms with Crippen molar-refractivity contribution in [3.63, 3.8) is 0 Å². The van der Waals surface area contributed by atoms with E-state index in [2.05, 4.69) is 5.10 Å². The quantitative estimate of drug-likeness (QED) is 0.844. The number of hydrogen-bond acceptors (Lipinski definition) is 4. The number of aromatic nitrogens is 2. The molecule has 106 valence electrons. The normalized spacial score (nSPS) is 20.4. The van der Waals surface area contributed by atoms with Crippen LogP contribution in [0.1, 0.15) is 39.7 Å². The fourth-order valence-corrected chi connectivity index (χ4v) is 2.22. The summed E-state index contributed by atoms with van der Waals surface area (Å²) in [6.07, 6.45) is 3.56.